The molecule has 0 fully saturated rings. The first-order chi connectivity index (χ1) is 30.0. The maximum atomic E-state index is 6.95. The van der Waals surface area contributed by atoms with Gasteiger partial charge in [-0.3, -0.25) is 0 Å². The molecule has 11 aromatic rings. The van der Waals surface area contributed by atoms with Crippen LogP contribution in [0.5, 0.6) is 0 Å². The van der Waals surface area contributed by atoms with Gasteiger partial charge in [0.25, 0.3) is 0 Å². The van der Waals surface area contributed by atoms with Crippen LogP contribution in [0, 0.1) is 0 Å². The molecule has 0 unspecified atom stereocenters. The van der Waals surface area contributed by atoms with Crippen LogP contribution in [0.1, 0.15) is 25.0 Å². The molecular weight excluding hydrogens is 739 g/mol. The molecule has 61 heavy (non-hydrogen) atoms. The molecule has 1 heterocycles. The molecule has 0 radical (unpaired) electrons. The maximum Gasteiger partial charge on any atom is 0.143 e. The summed E-state index contributed by atoms with van der Waals surface area (Å²) in [6.45, 7) is 4.73. The van der Waals surface area contributed by atoms with Crippen LogP contribution in [0.15, 0.2) is 217 Å². The van der Waals surface area contributed by atoms with Crippen molar-refractivity contribution in [2.75, 3.05) is 4.90 Å². The van der Waals surface area contributed by atoms with E-state index in [9.17, 15) is 0 Å². The minimum atomic E-state index is -0.172. The van der Waals surface area contributed by atoms with E-state index in [-0.39, 0.29) is 5.41 Å². The molecule has 0 N–H and O–H groups in total. The number of rotatable bonds is 6. The van der Waals surface area contributed by atoms with Crippen molar-refractivity contribution in [3.05, 3.63) is 223 Å². The zero-order chi connectivity index (χ0) is 40.7. The Hall–Kier alpha value is -7.68. The van der Waals surface area contributed by atoms with Crippen molar-refractivity contribution in [2.45, 2.75) is 19.3 Å². The quantitative estimate of drug-likeness (QED) is 0.167. The lowest BCUT2D eigenvalue weighted by Crippen LogP contribution is -2.16. The van der Waals surface area contributed by atoms with Gasteiger partial charge in [0, 0.05) is 38.3 Å². The highest BCUT2D eigenvalue weighted by Crippen LogP contribution is 2.53. The fraction of sp³-hybridized carbons (Fsp3) is 0.0508. The van der Waals surface area contributed by atoms with Gasteiger partial charge < -0.3 is 9.32 Å². The zero-order valence-electron chi connectivity index (χ0n) is 34.1. The Morgan fingerprint density at radius 1 is 0.377 bits per heavy atom. The lowest BCUT2D eigenvalue weighted by atomic mass is 9.82. The molecule has 0 saturated carbocycles. The van der Waals surface area contributed by atoms with Crippen LogP contribution in [-0.2, 0) is 5.41 Å². The SMILES string of the molecule is CC1(C)c2ccccc2-c2ccc(N(c3cc(-c4ccccc4)cc(-c4ccccc4)c3)c3cc4c(oc5cccc(-c6cccc7ccccc67)c54)c4ccccc34)cc21. The Balaban J connectivity index is 1.19. The van der Waals surface area contributed by atoms with Crippen LogP contribution >= 0.6 is 0 Å². The molecular formula is C59H41NO. The van der Waals surface area contributed by atoms with E-state index in [4.69, 9.17) is 4.42 Å². The molecule has 1 aliphatic rings. The first-order valence-electron chi connectivity index (χ1n) is 21.2. The number of furan rings is 1. The number of hydrogen-bond donors (Lipinski definition) is 0. The van der Waals surface area contributed by atoms with Gasteiger partial charge in [0.2, 0.25) is 0 Å². The van der Waals surface area contributed by atoms with Crippen molar-refractivity contribution in [1.82, 2.24) is 0 Å². The van der Waals surface area contributed by atoms with Gasteiger partial charge in [-0.15, -0.1) is 0 Å². The van der Waals surface area contributed by atoms with Crippen LogP contribution in [0.3, 0.4) is 0 Å². The van der Waals surface area contributed by atoms with Gasteiger partial charge in [0.1, 0.15) is 11.2 Å². The van der Waals surface area contributed by atoms with Gasteiger partial charge in [-0.1, -0.05) is 184 Å². The fourth-order valence-electron chi connectivity index (χ4n) is 10.1. The van der Waals surface area contributed by atoms with E-state index < -0.39 is 0 Å². The van der Waals surface area contributed by atoms with Gasteiger partial charge in [-0.25, -0.2) is 0 Å². The largest absolute Gasteiger partial charge is 0.455 e. The molecule has 0 bridgehead atoms. The highest BCUT2D eigenvalue weighted by Gasteiger charge is 2.36. The first-order valence-corrected chi connectivity index (χ1v) is 21.2. The minimum Gasteiger partial charge on any atom is -0.455 e. The third kappa shape index (κ3) is 5.56. The Labute approximate surface area is 355 Å². The predicted molar refractivity (Wildman–Crippen MR) is 257 cm³/mol. The standard InChI is InChI=1S/C59H41NO/c1-59(2)53-29-14-13-24-47(53)48-32-31-43(36-54(48)59)60(44-34-41(38-17-5-3-6-18-38)33-42(35-44)39-19-7-4-8-20-39)55-37-52-57-50(46-27-15-22-40-21-9-10-23-45(40)46)28-16-30-56(57)61-58(52)51-26-12-11-25-49(51)55/h3-37H,1-2H3. The molecule has 0 saturated heterocycles. The normalized spacial score (nSPS) is 12.9. The van der Waals surface area contributed by atoms with E-state index in [0.717, 1.165) is 66.5 Å². The number of hydrogen-bond acceptors (Lipinski definition) is 2. The number of benzene rings is 10. The van der Waals surface area contributed by atoms with Crippen LogP contribution in [0.4, 0.5) is 17.1 Å². The molecule has 10 aromatic carbocycles. The average Bonchev–Trinajstić information content (AvgIpc) is 3.81. The van der Waals surface area contributed by atoms with Gasteiger partial charge >= 0.3 is 0 Å². The van der Waals surface area contributed by atoms with Gasteiger partial charge in [-0.2, -0.15) is 0 Å². The summed E-state index contributed by atoms with van der Waals surface area (Å²) in [4.78, 5) is 2.50. The van der Waals surface area contributed by atoms with E-state index in [0.29, 0.717) is 0 Å². The van der Waals surface area contributed by atoms with Crippen LogP contribution in [0.2, 0.25) is 0 Å². The van der Waals surface area contributed by atoms with Gasteiger partial charge in [-0.05, 0) is 109 Å². The molecule has 0 aliphatic heterocycles. The zero-order valence-corrected chi connectivity index (χ0v) is 34.1. The van der Waals surface area contributed by atoms with E-state index in [1.54, 1.807) is 0 Å². The Kier molecular flexibility index (Phi) is 7.92. The van der Waals surface area contributed by atoms with Crippen molar-refractivity contribution in [1.29, 1.82) is 0 Å². The second-order valence-corrected chi connectivity index (χ2v) is 16.9. The van der Waals surface area contributed by atoms with Crippen LogP contribution < -0.4 is 4.90 Å². The Morgan fingerprint density at radius 2 is 0.967 bits per heavy atom. The van der Waals surface area contributed by atoms with Gasteiger partial charge in [0.15, 0.2) is 0 Å². The summed E-state index contributed by atoms with van der Waals surface area (Å²) >= 11 is 0. The summed E-state index contributed by atoms with van der Waals surface area (Å²) in [7, 11) is 0. The lowest BCUT2D eigenvalue weighted by molar-refractivity contribution is 0.660. The van der Waals surface area contributed by atoms with Crippen molar-refractivity contribution in [3.63, 3.8) is 0 Å². The highest BCUT2D eigenvalue weighted by molar-refractivity contribution is 6.23. The number of nitrogens with zero attached hydrogens (tertiary/aromatic N) is 1. The Morgan fingerprint density at radius 3 is 1.74 bits per heavy atom. The summed E-state index contributed by atoms with van der Waals surface area (Å²) in [5.41, 5.74) is 17.2. The third-order valence-corrected chi connectivity index (χ3v) is 13.0. The molecule has 2 nitrogen and oxygen atoms in total. The van der Waals surface area contributed by atoms with E-state index >= 15 is 0 Å². The minimum absolute atomic E-state index is 0.172. The second-order valence-electron chi connectivity index (χ2n) is 16.9. The van der Waals surface area contributed by atoms with E-state index in [2.05, 4.69) is 231 Å². The predicted octanol–water partition coefficient (Wildman–Crippen LogP) is 16.7. The molecule has 0 atom stereocenters. The molecule has 0 amide bonds. The molecule has 2 heteroatoms. The van der Waals surface area contributed by atoms with Crippen molar-refractivity contribution in [2.24, 2.45) is 0 Å². The number of anilines is 3. The smallest absolute Gasteiger partial charge is 0.143 e. The van der Waals surface area contributed by atoms with Gasteiger partial charge in [0.05, 0.1) is 5.69 Å². The highest BCUT2D eigenvalue weighted by atomic mass is 16.3. The second kappa shape index (κ2) is 13.7. The number of fused-ring (bicyclic) bond motifs is 9. The summed E-state index contributed by atoms with van der Waals surface area (Å²) in [6.07, 6.45) is 0. The van der Waals surface area contributed by atoms with Crippen LogP contribution in [0.25, 0.3) is 88.0 Å². The average molecular weight is 780 g/mol. The van der Waals surface area contributed by atoms with Crippen molar-refractivity contribution >= 4 is 60.5 Å². The monoisotopic (exact) mass is 779 g/mol. The molecule has 288 valence electrons. The third-order valence-electron chi connectivity index (χ3n) is 13.0. The summed E-state index contributed by atoms with van der Waals surface area (Å²) in [5.74, 6) is 0. The molecule has 0 spiro atoms. The van der Waals surface area contributed by atoms with Crippen molar-refractivity contribution in [3.8, 4) is 44.5 Å². The maximum absolute atomic E-state index is 6.95. The Bertz CT molecular complexity index is 3440. The fourth-order valence-corrected chi connectivity index (χ4v) is 10.1. The van der Waals surface area contributed by atoms with E-state index in [1.165, 1.54) is 49.7 Å². The molecule has 12 rings (SSSR count). The summed E-state index contributed by atoms with van der Waals surface area (Å²) < 4.78 is 6.95. The summed E-state index contributed by atoms with van der Waals surface area (Å²) in [5, 5.41) is 6.85. The first kappa shape index (κ1) is 35.3. The molecule has 1 aromatic heterocycles. The van der Waals surface area contributed by atoms with Crippen molar-refractivity contribution < 1.29 is 4.42 Å². The van der Waals surface area contributed by atoms with E-state index in [1.807, 2.05) is 0 Å². The summed E-state index contributed by atoms with van der Waals surface area (Å²) in [6, 6.07) is 77.5. The van der Waals surface area contributed by atoms with Crippen LogP contribution in [-0.4, -0.2) is 0 Å². The topological polar surface area (TPSA) is 16.4 Å². The molecule has 1 aliphatic carbocycles. The lowest BCUT2D eigenvalue weighted by Gasteiger charge is -2.30.